The van der Waals surface area contributed by atoms with Crippen LogP contribution in [0.1, 0.15) is 25.0 Å². The lowest BCUT2D eigenvalue weighted by Crippen LogP contribution is -2.50. The van der Waals surface area contributed by atoms with Crippen LogP contribution in [0.25, 0.3) is 0 Å². The highest BCUT2D eigenvalue weighted by molar-refractivity contribution is 7.89. The van der Waals surface area contributed by atoms with Gasteiger partial charge in [0.05, 0.1) is 10.4 Å². The Labute approximate surface area is 168 Å². The van der Waals surface area contributed by atoms with E-state index in [9.17, 15) is 8.42 Å². The van der Waals surface area contributed by atoms with Gasteiger partial charge in [-0.2, -0.15) is 4.31 Å². The van der Waals surface area contributed by atoms with Gasteiger partial charge < -0.3 is 4.90 Å². The van der Waals surface area contributed by atoms with E-state index in [0.29, 0.717) is 11.4 Å². The summed E-state index contributed by atoms with van der Waals surface area (Å²) < 4.78 is 27.8. The highest BCUT2D eigenvalue weighted by atomic mass is 32.2. The minimum atomic E-state index is -3.42. The Hall–Kier alpha value is -1.89. The van der Waals surface area contributed by atoms with E-state index in [0.717, 1.165) is 38.3 Å². The summed E-state index contributed by atoms with van der Waals surface area (Å²) in [6.45, 7) is 11.3. The predicted molar refractivity (Wildman–Crippen MR) is 113 cm³/mol. The third-order valence-corrected chi connectivity index (χ3v) is 8.32. The quantitative estimate of drug-likeness (QED) is 0.793. The predicted octanol–water partition coefficient (Wildman–Crippen LogP) is 3.06. The largest absolute Gasteiger partial charge is 0.369 e. The van der Waals surface area contributed by atoms with E-state index >= 15 is 0 Å². The van der Waals surface area contributed by atoms with Gasteiger partial charge in [0.2, 0.25) is 10.0 Å². The van der Waals surface area contributed by atoms with Gasteiger partial charge in [-0.3, -0.25) is 4.90 Å². The molecule has 6 heteroatoms. The fraction of sp³-hybridized carbons (Fsp3) is 0.455. The first-order chi connectivity index (χ1) is 13.3. The van der Waals surface area contributed by atoms with Crippen LogP contribution in [-0.2, 0) is 15.6 Å². The first kappa shape index (κ1) is 19.4. The van der Waals surface area contributed by atoms with Crippen molar-refractivity contribution in [3.63, 3.8) is 0 Å². The van der Waals surface area contributed by atoms with Crippen LogP contribution in [0.5, 0.6) is 0 Å². The molecule has 0 saturated carbocycles. The number of piperazine rings is 1. The van der Waals surface area contributed by atoms with Gasteiger partial charge in [0.25, 0.3) is 0 Å². The smallest absolute Gasteiger partial charge is 0.244 e. The molecule has 2 heterocycles. The van der Waals surface area contributed by atoms with Gasteiger partial charge in [-0.15, -0.1) is 0 Å². The maximum Gasteiger partial charge on any atom is 0.244 e. The summed E-state index contributed by atoms with van der Waals surface area (Å²) in [5.74, 6) is 0. The Morgan fingerprint density at radius 3 is 2.21 bits per heavy atom. The summed E-state index contributed by atoms with van der Waals surface area (Å²) >= 11 is 0. The van der Waals surface area contributed by atoms with Crippen molar-refractivity contribution in [2.75, 3.05) is 44.2 Å². The highest BCUT2D eigenvalue weighted by Gasteiger charge is 2.47. The number of benzene rings is 2. The van der Waals surface area contributed by atoms with Crippen molar-refractivity contribution in [3.8, 4) is 0 Å². The molecule has 2 aromatic carbocycles. The summed E-state index contributed by atoms with van der Waals surface area (Å²) in [6, 6.07) is 15.9. The van der Waals surface area contributed by atoms with Crippen LogP contribution in [0.4, 0.5) is 5.69 Å². The van der Waals surface area contributed by atoms with Crippen molar-refractivity contribution in [3.05, 3.63) is 59.7 Å². The SMILES string of the molecule is Cc1ccccc1N1CCN(CCN2C(C)(C)c3ccccc3S2(=O)=O)CC1. The molecule has 0 aromatic heterocycles. The normalized spacial score (nSPS) is 21.6. The van der Waals surface area contributed by atoms with Crippen LogP contribution < -0.4 is 4.90 Å². The number of hydrogen-bond acceptors (Lipinski definition) is 4. The first-order valence-corrected chi connectivity index (χ1v) is 11.4. The number of aryl methyl sites for hydroxylation is 1. The Balaban J connectivity index is 1.40. The average molecular weight is 400 g/mol. The molecule has 0 radical (unpaired) electrons. The van der Waals surface area contributed by atoms with E-state index < -0.39 is 15.6 Å². The van der Waals surface area contributed by atoms with E-state index in [4.69, 9.17) is 0 Å². The van der Waals surface area contributed by atoms with Gasteiger partial charge in [-0.25, -0.2) is 8.42 Å². The second-order valence-electron chi connectivity index (χ2n) is 8.25. The number of rotatable bonds is 4. The molecule has 2 aliphatic heterocycles. The molecule has 2 aliphatic rings. The standard InChI is InChI=1S/C22H29N3O2S/c1-18-8-4-6-10-20(18)24-15-12-23(13-16-24)14-17-25-22(2,3)19-9-5-7-11-21(19)28(25,26)27/h4-11H,12-17H2,1-3H3. The van der Waals surface area contributed by atoms with Crippen molar-refractivity contribution in [1.29, 1.82) is 0 Å². The molecule has 0 N–H and O–H groups in total. The van der Waals surface area contributed by atoms with E-state index in [1.165, 1.54) is 11.3 Å². The fourth-order valence-corrected chi connectivity index (χ4v) is 6.62. The number of anilines is 1. The topological polar surface area (TPSA) is 43.9 Å². The number of para-hydroxylation sites is 1. The van der Waals surface area contributed by atoms with Crippen molar-refractivity contribution < 1.29 is 8.42 Å². The number of nitrogens with zero attached hydrogens (tertiary/aromatic N) is 3. The lowest BCUT2D eigenvalue weighted by molar-refractivity contribution is 0.189. The average Bonchev–Trinajstić information content (AvgIpc) is 2.84. The molecule has 0 spiro atoms. The van der Waals surface area contributed by atoms with Crippen LogP contribution in [0.3, 0.4) is 0 Å². The van der Waals surface area contributed by atoms with Gasteiger partial charge in [0, 0.05) is 45.0 Å². The fourth-order valence-electron chi connectivity index (χ4n) is 4.51. The Morgan fingerprint density at radius 2 is 1.54 bits per heavy atom. The van der Waals surface area contributed by atoms with Crippen molar-refractivity contribution >= 4 is 15.7 Å². The summed E-state index contributed by atoms with van der Waals surface area (Å²) in [7, 11) is -3.42. The molecule has 28 heavy (non-hydrogen) atoms. The van der Waals surface area contributed by atoms with Crippen LogP contribution in [0.2, 0.25) is 0 Å². The van der Waals surface area contributed by atoms with Crippen LogP contribution in [0.15, 0.2) is 53.4 Å². The maximum atomic E-state index is 13.0. The molecule has 150 valence electrons. The van der Waals surface area contributed by atoms with E-state index in [-0.39, 0.29) is 0 Å². The number of fused-ring (bicyclic) bond motifs is 1. The van der Waals surface area contributed by atoms with Gasteiger partial charge in [0.15, 0.2) is 0 Å². The van der Waals surface area contributed by atoms with E-state index in [1.54, 1.807) is 16.4 Å². The molecule has 0 aliphatic carbocycles. The summed E-state index contributed by atoms with van der Waals surface area (Å²) in [5.41, 5.74) is 3.01. The minimum Gasteiger partial charge on any atom is -0.369 e. The second-order valence-corrected chi connectivity index (χ2v) is 10.1. The number of hydrogen-bond donors (Lipinski definition) is 0. The third-order valence-electron chi connectivity index (χ3n) is 6.19. The lowest BCUT2D eigenvalue weighted by atomic mass is 9.94. The Bertz CT molecular complexity index is 963. The molecule has 0 unspecified atom stereocenters. The van der Waals surface area contributed by atoms with E-state index in [1.807, 2.05) is 26.0 Å². The Morgan fingerprint density at radius 1 is 0.893 bits per heavy atom. The monoisotopic (exact) mass is 399 g/mol. The molecule has 1 saturated heterocycles. The van der Waals surface area contributed by atoms with Gasteiger partial charge in [0.1, 0.15) is 0 Å². The summed E-state index contributed by atoms with van der Waals surface area (Å²) in [6.07, 6.45) is 0. The maximum absolute atomic E-state index is 13.0. The minimum absolute atomic E-state index is 0.462. The zero-order valence-corrected chi connectivity index (χ0v) is 17.7. The molecule has 5 nitrogen and oxygen atoms in total. The molecular weight excluding hydrogens is 370 g/mol. The van der Waals surface area contributed by atoms with E-state index in [2.05, 4.69) is 41.0 Å². The third kappa shape index (κ3) is 3.23. The molecule has 2 aromatic rings. The first-order valence-electron chi connectivity index (χ1n) is 9.97. The Kier molecular flexibility index (Phi) is 4.98. The molecule has 1 fully saturated rings. The molecule has 0 bridgehead atoms. The second kappa shape index (κ2) is 7.17. The van der Waals surface area contributed by atoms with Crippen molar-refractivity contribution in [1.82, 2.24) is 9.21 Å². The van der Waals surface area contributed by atoms with Crippen molar-refractivity contribution in [2.24, 2.45) is 0 Å². The van der Waals surface area contributed by atoms with Crippen LogP contribution in [0, 0.1) is 6.92 Å². The molecule has 4 rings (SSSR count). The van der Waals surface area contributed by atoms with Crippen LogP contribution >= 0.6 is 0 Å². The zero-order chi connectivity index (χ0) is 19.9. The lowest BCUT2D eigenvalue weighted by Gasteiger charge is -2.38. The van der Waals surface area contributed by atoms with Crippen LogP contribution in [-0.4, -0.2) is 56.9 Å². The summed E-state index contributed by atoms with van der Waals surface area (Å²) in [5, 5.41) is 0. The van der Waals surface area contributed by atoms with Crippen molar-refractivity contribution in [2.45, 2.75) is 31.2 Å². The number of sulfonamides is 1. The molecule has 0 amide bonds. The zero-order valence-electron chi connectivity index (χ0n) is 16.9. The highest BCUT2D eigenvalue weighted by Crippen LogP contribution is 2.43. The molecular formula is C22H29N3O2S. The summed E-state index contributed by atoms with van der Waals surface area (Å²) in [4.78, 5) is 5.27. The molecule has 0 atom stereocenters. The van der Waals surface area contributed by atoms with Gasteiger partial charge in [-0.05, 0) is 44.0 Å². The van der Waals surface area contributed by atoms with Gasteiger partial charge >= 0.3 is 0 Å². The van der Waals surface area contributed by atoms with Gasteiger partial charge in [-0.1, -0.05) is 36.4 Å².